The van der Waals surface area contributed by atoms with Gasteiger partial charge in [-0.25, -0.2) is 0 Å². The van der Waals surface area contributed by atoms with Gasteiger partial charge in [-0.2, -0.15) is 0 Å². The second-order valence-electron chi connectivity index (χ2n) is 6.18. The van der Waals surface area contributed by atoms with E-state index in [4.69, 9.17) is 0 Å². The first kappa shape index (κ1) is 10.9. The summed E-state index contributed by atoms with van der Waals surface area (Å²) in [6, 6.07) is 7.54. The van der Waals surface area contributed by atoms with Gasteiger partial charge in [-0.3, -0.25) is 0 Å². The van der Waals surface area contributed by atoms with E-state index < -0.39 is 0 Å². The van der Waals surface area contributed by atoms with Gasteiger partial charge in [-0.05, 0) is 70.5 Å². The highest BCUT2D eigenvalue weighted by molar-refractivity contribution is 5.88. The lowest BCUT2D eigenvalue weighted by Crippen LogP contribution is -2.14. The van der Waals surface area contributed by atoms with Gasteiger partial charge in [0, 0.05) is 5.41 Å². The Morgan fingerprint density at radius 3 is 1.63 bits per heavy atom. The molecule has 0 bridgehead atoms. The Morgan fingerprint density at radius 2 is 1.21 bits per heavy atom. The minimum atomic E-state index is -0.157. The predicted molar refractivity (Wildman–Crippen MR) is 74.7 cm³/mol. The number of hydrogen-bond acceptors (Lipinski definition) is 2. The van der Waals surface area contributed by atoms with E-state index in [2.05, 4.69) is 13.8 Å². The monoisotopic (exact) mass is 252 g/mol. The maximum absolute atomic E-state index is 9.95. The molecule has 0 unspecified atom stereocenters. The summed E-state index contributed by atoms with van der Waals surface area (Å²) in [6.45, 7) is 4.32. The SMILES string of the molecule is CC1(C)c2cc(O)cc3c2-c2c(cc(O)cc21)CC3. The Balaban J connectivity index is 2.20. The summed E-state index contributed by atoms with van der Waals surface area (Å²) in [7, 11) is 0. The zero-order chi connectivity index (χ0) is 13.4. The van der Waals surface area contributed by atoms with Crippen molar-refractivity contribution in [3.05, 3.63) is 46.5 Å². The summed E-state index contributed by atoms with van der Waals surface area (Å²) in [5.41, 5.74) is 7.27. The van der Waals surface area contributed by atoms with Crippen LogP contribution in [0.25, 0.3) is 11.1 Å². The average Bonchev–Trinajstić information content (AvgIpc) is 2.56. The highest BCUT2D eigenvalue weighted by Gasteiger charge is 2.40. The Morgan fingerprint density at radius 1 is 0.789 bits per heavy atom. The minimum absolute atomic E-state index is 0.157. The lowest BCUT2D eigenvalue weighted by atomic mass is 9.82. The normalized spacial score (nSPS) is 17.4. The molecule has 4 rings (SSSR count). The van der Waals surface area contributed by atoms with E-state index in [1.165, 1.54) is 33.4 Å². The molecular formula is C17H16O2. The number of benzene rings is 2. The molecule has 0 radical (unpaired) electrons. The van der Waals surface area contributed by atoms with Gasteiger partial charge in [0.1, 0.15) is 11.5 Å². The van der Waals surface area contributed by atoms with E-state index in [-0.39, 0.29) is 5.41 Å². The molecule has 0 spiro atoms. The molecule has 0 saturated heterocycles. The fourth-order valence-electron chi connectivity index (χ4n) is 3.76. The molecule has 96 valence electrons. The maximum atomic E-state index is 9.95. The number of rotatable bonds is 0. The third-order valence-corrected chi connectivity index (χ3v) is 4.67. The number of hydrogen-bond donors (Lipinski definition) is 2. The molecule has 19 heavy (non-hydrogen) atoms. The molecule has 0 amide bonds. The summed E-state index contributed by atoms with van der Waals surface area (Å²) in [5.74, 6) is 0.699. The molecule has 0 aliphatic heterocycles. The van der Waals surface area contributed by atoms with E-state index >= 15 is 0 Å². The van der Waals surface area contributed by atoms with Gasteiger partial charge in [-0.15, -0.1) is 0 Å². The second kappa shape index (κ2) is 3.13. The smallest absolute Gasteiger partial charge is 0.116 e. The van der Waals surface area contributed by atoms with E-state index in [1.807, 2.05) is 24.3 Å². The second-order valence-corrected chi connectivity index (χ2v) is 6.18. The number of aryl methyl sites for hydroxylation is 2. The predicted octanol–water partition coefficient (Wildman–Crippen LogP) is 3.50. The molecule has 2 N–H and O–H groups in total. The first-order valence-corrected chi connectivity index (χ1v) is 6.71. The number of phenols is 2. The molecular weight excluding hydrogens is 236 g/mol. The first-order chi connectivity index (χ1) is 8.98. The Kier molecular flexibility index (Phi) is 1.80. The van der Waals surface area contributed by atoms with E-state index in [9.17, 15) is 10.2 Å². The van der Waals surface area contributed by atoms with Gasteiger partial charge in [0.25, 0.3) is 0 Å². The Hall–Kier alpha value is -1.96. The summed E-state index contributed by atoms with van der Waals surface area (Å²) in [6.07, 6.45) is 1.87. The van der Waals surface area contributed by atoms with Crippen LogP contribution in [0.2, 0.25) is 0 Å². The van der Waals surface area contributed by atoms with Crippen molar-refractivity contribution in [2.24, 2.45) is 0 Å². The van der Waals surface area contributed by atoms with Gasteiger partial charge in [0.2, 0.25) is 0 Å². The quantitative estimate of drug-likeness (QED) is 0.753. The van der Waals surface area contributed by atoms with Crippen molar-refractivity contribution in [1.29, 1.82) is 0 Å². The first-order valence-electron chi connectivity index (χ1n) is 6.71. The molecule has 0 atom stereocenters. The van der Waals surface area contributed by atoms with Crippen molar-refractivity contribution in [1.82, 2.24) is 0 Å². The van der Waals surface area contributed by atoms with Crippen LogP contribution in [0.15, 0.2) is 24.3 Å². The zero-order valence-corrected chi connectivity index (χ0v) is 11.1. The topological polar surface area (TPSA) is 40.5 Å². The largest absolute Gasteiger partial charge is 0.508 e. The van der Waals surface area contributed by atoms with Crippen LogP contribution < -0.4 is 0 Å². The molecule has 2 aromatic carbocycles. The molecule has 0 heterocycles. The van der Waals surface area contributed by atoms with Gasteiger partial charge < -0.3 is 10.2 Å². The van der Waals surface area contributed by atoms with E-state index in [0.29, 0.717) is 11.5 Å². The standard InChI is InChI=1S/C17H16O2/c1-17(2)13-7-11(18)5-9-3-4-10-6-12(19)8-14(17)16(10)15(9)13/h5-8,18-19H,3-4H2,1-2H3. The summed E-state index contributed by atoms with van der Waals surface area (Å²) >= 11 is 0. The van der Waals surface area contributed by atoms with Crippen molar-refractivity contribution in [2.45, 2.75) is 32.1 Å². The number of phenolic OH excluding ortho intramolecular Hbond substituents is 2. The fourth-order valence-corrected chi connectivity index (χ4v) is 3.76. The minimum Gasteiger partial charge on any atom is -0.508 e. The van der Waals surface area contributed by atoms with Crippen molar-refractivity contribution in [3.63, 3.8) is 0 Å². The van der Waals surface area contributed by atoms with Crippen molar-refractivity contribution < 1.29 is 10.2 Å². The van der Waals surface area contributed by atoms with Gasteiger partial charge >= 0.3 is 0 Å². The van der Waals surface area contributed by atoms with Gasteiger partial charge in [0.05, 0.1) is 0 Å². The van der Waals surface area contributed by atoms with E-state index in [1.54, 1.807) is 0 Å². The molecule has 0 aromatic heterocycles. The molecule has 2 aromatic rings. The molecule has 0 saturated carbocycles. The summed E-state index contributed by atoms with van der Waals surface area (Å²) < 4.78 is 0. The fraction of sp³-hybridized carbons (Fsp3) is 0.294. The van der Waals surface area contributed by atoms with Gasteiger partial charge in [0.15, 0.2) is 0 Å². The third kappa shape index (κ3) is 1.21. The van der Waals surface area contributed by atoms with Crippen LogP contribution in [0, 0.1) is 0 Å². The lowest BCUT2D eigenvalue weighted by Gasteiger charge is -2.21. The van der Waals surface area contributed by atoms with Crippen LogP contribution in [0.3, 0.4) is 0 Å². The van der Waals surface area contributed by atoms with Crippen LogP contribution in [-0.4, -0.2) is 10.2 Å². The summed E-state index contributed by atoms with van der Waals surface area (Å²) in [4.78, 5) is 0. The molecule has 0 fully saturated rings. The highest BCUT2D eigenvalue weighted by atomic mass is 16.3. The molecule has 2 aliphatic rings. The maximum Gasteiger partial charge on any atom is 0.116 e. The van der Waals surface area contributed by atoms with Crippen LogP contribution in [0.5, 0.6) is 11.5 Å². The summed E-state index contributed by atoms with van der Waals surface area (Å²) in [5, 5.41) is 19.9. The molecule has 2 nitrogen and oxygen atoms in total. The highest BCUT2D eigenvalue weighted by Crippen LogP contribution is 2.55. The lowest BCUT2D eigenvalue weighted by molar-refractivity contribution is 0.471. The van der Waals surface area contributed by atoms with Crippen LogP contribution >= 0.6 is 0 Å². The van der Waals surface area contributed by atoms with Crippen molar-refractivity contribution in [2.75, 3.05) is 0 Å². The van der Waals surface area contributed by atoms with Crippen LogP contribution in [0.1, 0.15) is 36.1 Å². The third-order valence-electron chi connectivity index (χ3n) is 4.67. The van der Waals surface area contributed by atoms with Crippen molar-refractivity contribution in [3.8, 4) is 22.6 Å². The zero-order valence-electron chi connectivity index (χ0n) is 11.1. The Labute approximate surface area is 112 Å². The molecule has 2 heteroatoms. The van der Waals surface area contributed by atoms with E-state index in [0.717, 1.165) is 12.8 Å². The van der Waals surface area contributed by atoms with Crippen molar-refractivity contribution >= 4 is 0 Å². The van der Waals surface area contributed by atoms with Crippen LogP contribution in [0.4, 0.5) is 0 Å². The number of aromatic hydroxyl groups is 2. The molecule has 2 aliphatic carbocycles. The Bertz CT molecular complexity index is 665. The van der Waals surface area contributed by atoms with Gasteiger partial charge in [-0.1, -0.05) is 13.8 Å². The average molecular weight is 252 g/mol. The van der Waals surface area contributed by atoms with Crippen LogP contribution in [-0.2, 0) is 18.3 Å².